The van der Waals surface area contributed by atoms with Crippen molar-refractivity contribution in [3.05, 3.63) is 77.6 Å². The maximum absolute atomic E-state index is 14.6. The largest absolute Gasteiger partial charge is 0.489 e. The molecule has 0 radical (unpaired) electrons. The molecule has 7 rings (SSSR count). The van der Waals surface area contributed by atoms with Crippen LogP contribution in [-0.2, 0) is 13.1 Å². The van der Waals surface area contributed by atoms with Crippen molar-refractivity contribution in [3.8, 4) is 17.3 Å². The van der Waals surface area contributed by atoms with Gasteiger partial charge in [0.25, 0.3) is 5.91 Å². The Morgan fingerprint density at radius 3 is 2.87 bits per heavy atom. The van der Waals surface area contributed by atoms with Crippen molar-refractivity contribution in [2.24, 2.45) is 5.73 Å². The molecule has 2 aromatic carbocycles. The van der Waals surface area contributed by atoms with Crippen LogP contribution in [0, 0.1) is 11.6 Å². The zero-order valence-electron chi connectivity index (χ0n) is 21.1. The molecule has 3 aromatic heterocycles. The van der Waals surface area contributed by atoms with Crippen molar-refractivity contribution in [2.75, 3.05) is 19.7 Å². The number of nitrogens with two attached hydrogens (primary N) is 1. The molecular weight excluding hydrogens is 502 g/mol. The van der Waals surface area contributed by atoms with Gasteiger partial charge in [-0.1, -0.05) is 0 Å². The molecule has 1 atom stereocenters. The van der Waals surface area contributed by atoms with Gasteiger partial charge in [0.15, 0.2) is 5.82 Å². The van der Waals surface area contributed by atoms with Gasteiger partial charge in [-0.3, -0.25) is 9.78 Å². The molecule has 2 aliphatic heterocycles. The number of piperidine rings is 1. The molecule has 0 aliphatic carbocycles. The van der Waals surface area contributed by atoms with E-state index in [9.17, 15) is 13.6 Å². The van der Waals surface area contributed by atoms with E-state index in [4.69, 9.17) is 15.5 Å². The van der Waals surface area contributed by atoms with Gasteiger partial charge in [0.05, 0.1) is 35.5 Å². The van der Waals surface area contributed by atoms with Crippen LogP contribution in [0.3, 0.4) is 0 Å². The predicted molar refractivity (Wildman–Crippen MR) is 143 cm³/mol. The maximum atomic E-state index is 14.6. The van der Waals surface area contributed by atoms with E-state index in [0.29, 0.717) is 60.1 Å². The first kappa shape index (κ1) is 23.8. The van der Waals surface area contributed by atoms with Crippen LogP contribution in [0.2, 0.25) is 0 Å². The molecule has 5 heterocycles. The Bertz CT molecular complexity index is 1760. The number of benzene rings is 2. The molecule has 2 aliphatic rings. The summed E-state index contributed by atoms with van der Waals surface area (Å²) in [6, 6.07) is 12.9. The van der Waals surface area contributed by atoms with Gasteiger partial charge in [0.1, 0.15) is 29.5 Å². The summed E-state index contributed by atoms with van der Waals surface area (Å²) in [7, 11) is 0. The fourth-order valence-electron chi connectivity index (χ4n) is 5.77. The number of ether oxygens (including phenoxy) is 1. The number of hydrogen-bond acceptors (Lipinski definition) is 5. The first-order valence-corrected chi connectivity index (χ1v) is 13.1. The summed E-state index contributed by atoms with van der Waals surface area (Å²) in [5.74, 6) is 0.302. The Hall–Kier alpha value is -4.31. The van der Waals surface area contributed by atoms with Crippen molar-refractivity contribution in [1.29, 1.82) is 0 Å². The normalized spacial score (nSPS) is 17.1. The van der Waals surface area contributed by atoms with Gasteiger partial charge in [0.2, 0.25) is 0 Å². The molecular formula is C29H26F2N6O2. The predicted octanol–water partition coefficient (Wildman–Crippen LogP) is 4.34. The molecule has 1 amide bonds. The first-order valence-electron chi connectivity index (χ1n) is 13.1. The SMILES string of the molecule is N[C@@H]1CCCN(C(=O)c2cc3c4c(c2)nc(-c2cc5ccc(F)cc5n2Cc2ncccc2F)n4CCO3)C1. The van der Waals surface area contributed by atoms with Crippen LogP contribution in [0.5, 0.6) is 5.75 Å². The van der Waals surface area contributed by atoms with Crippen LogP contribution in [-0.4, -0.2) is 55.6 Å². The maximum Gasteiger partial charge on any atom is 0.254 e. The van der Waals surface area contributed by atoms with E-state index in [1.54, 1.807) is 23.1 Å². The highest BCUT2D eigenvalue weighted by molar-refractivity contribution is 6.00. The van der Waals surface area contributed by atoms with E-state index in [0.717, 1.165) is 23.7 Å². The standard InChI is InChI=1S/C29H26F2N6O2/c30-19-6-5-17-12-25(37(24(17)14-19)16-23-21(31)4-1-7-33-23)28-34-22-11-18(13-26-27(22)36(28)9-10-39-26)29(38)35-8-2-3-20(32)15-35/h1,4-7,11-14,20H,2-3,8-10,15-16,32H2/t20-/m1/s1. The Morgan fingerprint density at radius 1 is 1.13 bits per heavy atom. The van der Waals surface area contributed by atoms with Crippen LogP contribution in [0.25, 0.3) is 33.5 Å². The van der Waals surface area contributed by atoms with Crippen LogP contribution < -0.4 is 10.5 Å². The lowest BCUT2D eigenvalue weighted by atomic mass is 10.0. The first-order chi connectivity index (χ1) is 19.0. The van der Waals surface area contributed by atoms with Crippen molar-refractivity contribution in [1.82, 2.24) is 24.0 Å². The topological polar surface area (TPSA) is 91.2 Å². The quantitative estimate of drug-likeness (QED) is 0.375. The Morgan fingerprint density at radius 2 is 2.03 bits per heavy atom. The summed E-state index contributed by atoms with van der Waals surface area (Å²) >= 11 is 0. The number of nitrogens with zero attached hydrogens (tertiary/aromatic N) is 5. The zero-order valence-corrected chi connectivity index (χ0v) is 21.1. The van der Waals surface area contributed by atoms with Crippen LogP contribution >= 0.6 is 0 Å². The van der Waals surface area contributed by atoms with Crippen LogP contribution in [0.15, 0.2) is 54.7 Å². The summed E-state index contributed by atoms with van der Waals surface area (Å²) in [6.45, 7) is 2.23. The van der Waals surface area contributed by atoms with E-state index in [1.807, 2.05) is 10.6 Å². The van der Waals surface area contributed by atoms with Crippen molar-refractivity contribution in [2.45, 2.75) is 32.0 Å². The van der Waals surface area contributed by atoms with Gasteiger partial charge in [-0.15, -0.1) is 0 Å². The smallest absolute Gasteiger partial charge is 0.254 e. The summed E-state index contributed by atoms with van der Waals surface area (Å²) in [6.07, 6.45) is 3.32. The number of halogens is 2. The fraction of sp³-hybridized carbons (Fsp3) is 0.276. The van der Waals surface area contributed by atoms with Gasteiger partial charge in [-0.25, -0.2) is 13.8 Å². The van der Waals surface area contributed by atoms with E-state index in [2.05, 4.69) is 9.55 Å². The number of imidazole rings is 1. The summed E-state index contributed by atoms with van der Waals surface area (Å²) in [5, 5.41) is 0.798. The molecule has 2 N–H and O–H groups in total. The Balaban J connectivity index is 1.39. The minimum absolute atomic E-state index is 0.0254. The molecule has 8 nitrogen and oxygen atoms in total. The lowest BCUT2D eigenvalue weighted by Gasteiger charge is -2.31. The van der Waals surface area contributed by atoms with E-state index < -0.39 is 5.82 Å². The van der Waals surface area contributed by atoms with Gasteiger partial charge < -0.3 is 24.5 Å². The third-order valence-corrected chi connectivity index (χ3v) is 7.61. The average molecular weight is 529 g/mol. The highest BCUT2D eigenvalue weighted by Crippen LogP contribution is 2.37. The molecule has 0 spiro atoms. The molecule has 0 bridgehead atoms. The van der Waals surface area contributed by atoms with Gasteiger partial charge in [-0.2, -0.15) is 0 Å². The third kappa shape index (κ3) is 4.02. The van der Waals surface area contributed by atoms with Crippen molar-refractivity contribution in [3.63, 3.8) is 0 Å². The van der Waals surface area contributed by atoms with Crippen molar-refractivity contribution >= 4 is 27.8 Å². The van der Waals surface area contributed by atoms with Gasteiger partial charge >= 0.3 is 0 Å². The summed E-state index contributed by atoms with van der Waals surface area (Å²) in [5.41, 5.74) is 9.58. The fourth-order valence-corrected chi connectivity index (χ4v) is 5.77. The summed E-state index contributed by atoms with van der Waals surface area (Å²) < 4.78 is 38.8. The monoisotopic (exact) mass is 528 g/mol. The van der Waals surface area contributed by atoms with E-state index in [-0.39, 0.29) is 30.0 Å². The van der Waals surface area contributed by atoms with Gasteiger partial charge in [0, 0.05) is 36.3 Å². The Kier molecular flexibility index (Phi) is 5.59. The highest BCUT2D eigenvalue weighted by atomic mass is 19.1. The average Bonchev–Trinajstić information content (AvgIpc) is 3.48. The van der Waals surface area contributed by atoms with Crippen LogP contribution in [0.4, 0.5) is 8.78 Å². The van der Waals surface area contributed by atoms with Gasteiger partial charge in [-0.05, 0) is 61.4 Å². The number of pyridine rings is 1. The number of aromatic nitrogens is 4. The van der Waals surface area contributed by atoms with E-state index >= 15 is 0 Å². The number of carbonyl (C=O) groups excluding carboxylic acids is 1. The number of fused-ring (bicyclic) bond motifs is 1. The molecule has 0 saturated carbocycles. The third-order valence-electron chi connectivity index (χ3n) is 7.61. The molecule has 198 valence electrons. The molecule has 10 heteroatoms. The second-order valence-electron chi connectivity index (χ2n) is 10.2. The lowest BCUT2D eigenvalue weighted by Crippen LogP contribution is -2.45. The van der Waals surface area contributed by atoms with E-state index in [1.165, 1.54) is 30.5 Å². The minimum atomic E-state index is -0.437. The molecule has 5 aromatic rings. The molecule has 1 fully saturated rings. The lowest BCUT2D eigenvalue weighted by molar-refractivity contribution is 0.0708. The number of amides is 1. The molecule has 1 saturated heterocycles. The zero-order chi connectivity index (χ0) is 26.7. The van der Waals surface area contributed by atoms with Crippen molar-refractivity contribution < 1.29 is 18.3 Å². The molecule has 39 heavy (non-hydrogen) atoms. The summed E-state index contributed by atoms with van der Waals surface area (Å²) in [4.78, 5) is 24.3. The second kappa shape index (κ2) is 9.16. The number of likely N-dealkylation sites (tertiary alicyclic amines) is 1. The second-order valence-corrected chi connectivity index (χ2v) is 10.2. The minimum Gasteiger partial charge on any atom is -0.489 e. The number of rotatable bonds is 4. The molecule has 0 unspecified atom stereocenters. The number of carbonyl (C=O) groups is 1. The van der Waals surface area contributed by atoms with Crippen LogP contribution in [0.1, 0.15) is 28.9 Å². The Labute approximate surface area is 222 Å². The number of hydrogen-bond donors (Lipinski definition) is 1. The highest BCUT2D eigenvalue weighted by Gasteiger charge is 2.28.